The predicted molar refractivity (Wildman–Crippen MR) is 237 cm³/mol. The van der Waals surface area contributed by atoms with Crippen LogP contribution in [0.1, 0.15) is 91.6 Å². The predicted octanol–water partition coefficient (Wildman–Crippen LogP) is 8.74. The highest BCUT2D eigenvalue weighted by molar-refractivity contribution is 6.03. The summed E-state index contributed by atoms with van der Waals surface area (Å²) in [5.41, 5.74) is 4.01. The molecule has 2 N–H and O–H groups in total. The first-order valence-electron chi connectivity index (χ1n) is 22.5. The number of amides is 1. The van der Waals surface area contributed by atoms with Crippen molar-refractivity contribution in [3.63, 3.8) is 0 Å². The molecule has 0 spiro atoms. The second kappa shape index (κ2) is 22.5. The summed E-state index contributed by atoms with van der Waals surface area (Å²) in [4.78, 5) is 33.6. The maximum absolute atomic E-state index is 14.2. The van der Waals surface area contributed by atoms with Crippen LogP contribution in [0.15, 0.2) is 102 Å². The fourth-order valence-corrected chi connectivity index (χ4v) is 9.68. The van der Waals surface area contributed by atoms with Crippen LogP contribution in [0.4, 0.5) is 4.79 Å². The van der Waals surface area contributed by atoms with Gasteiger partial charge in [-0.2, -0.15) is 0 Å². The topological polar surface area (TPSA) is 155 Å². The molecule has 4 aliphatic rings. The molecule has 2 fully saturated rings. The zero-order valence-corrected chi connectivity index (χ0v) is 36.3. The van der Waals surface area contributed by atoms with Crippen LogP contribution in [0, 0.1) is 17.8 Å². The van der Waals surface area contributed by atoms with E-state index in [1.165, 1.54) is 0 Å². The van der Waals surface area contributed by atoms with E-state index in [1.807, 2.05) is 54.6 Å². The summed E-state index contributed by atoms with van der Waals surface area (Å²) in [5, 5.41) is 24.7. The van der Waals surface area contributed by atoms with Crippen LogP contribution in [0.5, 0.6) is 17.2 Å². The molecule has 3 aromatic rings. The minimum atomic E-state index is -1.44. The van der Waals surface area contributed by atoms with Crippen LogP contribution in [0.3, 0.4) is 0 Å². The molecular formula is C50H62N2O11. The third-order valence-electron chi connectivity index (χ3n) is 12.6. The smallest absolute Gasteiger partial charge is 0.410 e. The average Bonchev–Trinajstić information content (AvgIpc) is 3.31. The highest BCUT2D eigenvalue weighted by Crippen LogP contribution is 2.62. The van der Waals surface area contributed by atoms with Gasteiger partial charge in [0.1, 0.15) is 36.2 Å². The maximum atomic E-state index is 14.2. The quantitative estimate of drug-likeness (QED) is 0.0431. The molecule has 2 aliphatic carbocycles. The number of aliphatic hydroxyl groups is 2. The van der Waals surface area contributed by atoms with Crippen molar-refractivity contribution in [1.29, 1.82) is 0 Å². The second-order valence-electron chi connectivity index (χ2n) is 16.7. The third-order valence-corrected chi connectivity index (χ3v) is 12.6. The van der Waals surface area contributed by atoms with Crippen LogP contribution in [-0.4, -0.2) is 98.0 Å². The number of benzene rings is 3. The zero-order valence-electron chi connectivity index (χ0n) is 36.3. The Morgan fingerprint density at radius 3 is 2.54 bits per heavy atom. The maximum Gasteiger partial charge on any atom is 0.410 e. The molecule has 1 amide bonds. The largest absolute Gasteiger partial charge is 0.459 e. The number of rotatable bonds is 22. The van der Waals surface area contributed by atoms with Gasteiger partial charge in [0.2, 0.25) is 12.1 Å². The first-order chi connectivity index (χ1) is 30.9. The zero-order chi connectivity index (χ0) is 44.0. The number of nitrogens with zero attached hydrogens (tertiary/aromatic N) is 2. The normalized spacial score (nSPS) is 25.4. The van der Waals surface area contributed by atoms with E-state index >= 15 is 0 Å². The molecule has 338 valence electrons. The lowest BCUT2D eigenvalue weighted by molar-refractivity contribution is -0.254. The molecule has 0 bridgehead atoms. The van der Waals surface area contributed by atoms with E-state index in [9.17, 15) is 19.8 Å². The van der Waals surface area contributed by atoms with E-state index in [-0.39, 0.29) is 57.2 Å². The van der Waals surface area contributed by atoms with Crippen molar-refractivity contribution >= 4 is 18.1 Å². The first kappa shape index (κ1) is 46.0. The molecule has 0 aromatic heterocycles. The van der Waals surface area contributed by atoms with Crippen molar-refractivity contribution in [2.75, 3.05) is 46.7 Å². The van der Waals surface area contributed by atoms with Crippen LogP contribution in [-0.2, 0) is 30.4 Å². The summed E-state index contributed by atoms with van der Waals surface area (Å²) in [6.45, 7) is 5.52. The number of carbonyl (C=O) groups excluding carboxylic acids is 2. The Bertz CT molecular complexity index is 2030. The van der Waals surface area contributed by atoms with Gasteiger partial charge in [0, 0.05) is 50.1 Å². The van der Waals surface area contributed by atoms with Crippen molar-refractivity contribution in [1.82, 2.24) is 4.90 Å². The molecule has 0 radical (unpaired) electrons. The Balaban J connectivity index is 1.32. The Morgan fingerprint density at radius 1 is 0.968 bits per heavy atom. The van der Waals surface area contributed by atoms with Crippen molar-refractivity contribution in [2.24, 2.45) is 22.9 Å². The first-order valence-corrected chi connectivity index (χ1v) is 22.5. The molecule has 63 heavy (non-hydrogen) atoms. The number of unbranched alkanes of at least 4 members (excludes halogenated alkanes) is 2. The number of likely N-dealkylation sites (N-methyl/N-ethyl adjacent to an activating group) is 1. The number of oxime groups is 1. The number of ether oxygens (including phenoxy) is 6. The molecule has 2 aliphatic heterocycles. The second-order valence-corrected chi connectivity index (χ2v) is 16.7. The van der Waals surface area contributed by atoms with Gasteiger partial charge in [0.05, 0.1) is 38.1 Å². The molecular weight excluding hydrogens is 805 g/mol. The van der Waals surface area contributed by atoms with Crippen LogP contribution >= 0.6 is 0 Å². The van der Waals surface area contributed by atoms with E-state index in [1.54, 1.807) is 36.2 Å². The van der Waals surface area contributed by atoms with Crippen molar-refractivity contribution in [2.45, 2.75) is 94.9 Å². The SMILES string of the molecule is C=CCO[C@@]12Oc3ccc(Oc4cccc(C=O)c4)cc3[C@H]3[C@H](CCCCO)[C@@H](CCCCO)C=C(C(=NOC4CCCCO4)C[C@@H]1N(C)C(=O)OCCOCc1ccccc1)[C@H]32. The van der Waals surface area contributed by atoms with E-state index in [0.717, 1.165) is 61.5 Å². The lowest BCUT2D eigenvalue weighted by atomic mass is 9.55. The number of allylic oxidation sites excluding steroid dienone is 1. The summed E-state index contributed by atoms with van der Waals surface area (Å²) < 4.78 is 38.3. The molecule has 3 aromatic carbocycles. The summed E-state index contributed by atoms with van der Waals surface area (Å²) in [6.07, 6.45) is 11.0. The van der Waals surface area contributed by atoms with Gasteiger partial charge in [-0.15, -0.1) is 6.58 Å². The van der Waals surface area contributed by atoms with E-state index in [4.69, 9.17) is 38.4 Å². The van der Waals surface area contributed by atoms with Crippen LogP contribution < -0.4 is 9.47 Å². The molecule has 13 heteroatoms. The van der Waals surface area contributed by atoms with E-state index < -0.39 is 30.1 Å². The fraction of sp³-hybridized carbons (Fsp3) is 0.500. The Hall–Kier alpha value is -5.05. The van der Waals surface area contributed by atoms with Gasteiger partial charge >= 0.3 is 6.09 Å². The highest BCUT2D eigenvalue weighted by atomic mass is 16.8. The summed E-state index contributed by atoms with van der Waals surface area (Å²) in [6, 6.07) is 21.8. The Labute approximate surface area is 370 Å². The standard InChI is InChI=1S/C50H62N2O11/c1-3-25-60-50-45(52(2)49(56)59-28-27-57-34-35-14-5-4-6-15-35)32-43(51-63-46-20-9-12-26-58-46)41-30-37(17-7-10-23-53)40(19-8-11-24-54)47(48(41)50)42-31-39(21-22-44(42)62-50)61-38-18-13-16-36(29-38)33-55/h3-6,13-16,18,21-22,29-31,33,37,40,45-48,53-54H,1,7-12,17,19-20,23-28,32,34H2,2H3/t37-,40+,45-,46?,47+,48+,50+/m0/s1. The van der Waals surface area contributed by atoms with Crippen molar-refractivity contribution in [3.05, 3.63) is 114 Å². The molecule has 7 rings (SSSR count). The molecule has 7 atom stereocenters. The minimum absolute atomic E-state index is 0.0219. The van der Waals surface area contributed by atoms with Crippen molar-refractivity contribution in [3.8, 4) is 17.2 Å². The van der Waals surface area contributed by atoms with E-state index in [0.29, 0.717) is 61.0 Å². The summed E-state index contributed by atoms with van der Waals surface area (Å²) in [7, 11) is 1.70. The van der Waals surface area contributed by atoms with Gasteiger partial charge in [0.15, 0.2) is 0 Å². The third kappa shape index (κ3) is 11.0. The minimum Gasteiger partial charge on any atom is -0.459 e. The van der Waals surface area contributed by atoms with Gasteiger partial charge in [-0.05, 0) is 91.8 Å². The highest BCUT2D eigenvalue weighted by Gasteiger charge is 2.65. The molecule has 13 nitrogen and oxygen atoms in total. The van der Waals surface area contributed by atoms with Gasteiger partial charge in [-0.25, -0.2) is 4.79 Å². The van der Waals surface area contributed by atoms with Crippen molar-refractivity contribution < 1.29 is 53.1 Å². The average molecular weight is 867 g/mol. The van der Waals surface area contributed by atoms with Gasteiger partial charge in [0.25, 0.3) is 0 Å². The number of hydrogen-bond donors (Lipinski definition) is 2. The van der Waals surface area contributed by atoms with Crippen LogP contribution in [0.25, 0.3) is 0 Å². The van der Waals surface area contributed by atoms with Gasteiger partial charge in [-0.3, -0.25) is 4.79 Å². The number of fused-ring (bicyclic) bond motifs is 2. The monoisotopic (exact) mass is 866 g/mol. The number of aliphatic hydroxyl groups excluding tert-OH is 2. The number of hydrogen-bond acceptors (Lipinski definition) is 12. The molecule has 2 heterocycles. The Morgan fingerprint density at radius 2 is 1.78 bits per heavy atom. The Kier molecular flexibility index (Phi) is 16.4. The van der Waals surface area contributed by atoms with Gasteiger partial charge in [-0.1, -0.05) is 72.6 Å². The fourth-order valence-electron chi connectivity index (χ4n) is 9.68. The van der Waals surface area contributed by atoms with Gasteiger partial charge < -0.3 is 48.4 Å². The summed E-state index contributed by atoms with van der Waals surface area (Å²) in [5.74, 6) is -0.461. The lowest BCUT2D eigenvalue weighted by Gasteiger charge is -2.59. The molecule has 1 saturated heterocycles. The van der Waals surface area contributed by atoms with Crippen LogP contribution in [0.2, 0.25) is 0 Å². The lowest BCUT2D eigenvalue weighted by Crippen LogP contribution is -2.69. The van der Waals surface area contributed by atoms with E-state index in [2.05, 4.69) is 12.7 Å². The molecule has 1 unspecified atom stereocenters. The number of carbonyl (C=O) groups is 2. The number of aldehydes is 1. The summed E-state index contributed by atoms with van der Waals surface area (Å²) >= 11 is 0. The molecule has 1 saturated carbocycles.